The molecule has 0 amide bonds. The number of ether oxygens (including phenoxy) is 2. The number of benzene rings is 4. The smallest absolute Gasteiger partial charge is 0.162 e. The van der Waals surface area contributed by atoms with Gasteiger partial charge in [0.2, 0.25) is 0 Å². The molecule has 0 N–H and O–H groups in total. The van der Waals surface area contributed by atoms with E-state index >= 15 is 0 Å². The van der Waals surface area contributed by atoms with E-state index in [1.807, 2.05) is 48.5 Å². The summed E-state index contributed by atoms with van der Waals surface area (Å²) in [5, 5.41) is 2.15. The number of nitrogens with zero attached hydrogens (tertiary/aromatic N) is 1. The molecule has 4 aromatic carbocycles. The summed E-state index contributed by atoms with van der Waals surface area (Å²) >= 11 is 3.71. The Hall–Kier alpha value is -3.11. The van der Waals surface area contributed by atoms with E-state index < -0.39 is 0 Å². The minimum atomic E-state index is 0.576. The second-order valence-electron chi connectivity index (χ2n) is 6.84. The van der Waals surface area contributed by atoms with Gasteiger partial charge in [-0.2, -0.15) is 0 Å². The van der Waals surface area contributed by atoms with Gasteiger partial charge in [0, 0.05) is 15.6 Å². The first-order valence-corrected chi connectivity index (χ1v) is 10.3. The number of fused-ring (bicyclic) bond motifs is 2. The number of rotatable bonds is 3. The Morgan fingerprint density at radius 3 is 1.76 bits per heavy atom. The first-order chi connectivity index (χ1) is 14.3. The summed E-state index contributed by atoms with van der Waals surface area (Å²) in [6.45, 7) is 1.16. The molecule has 0 unspecified atom stereocenters. The average molecular weight is 444 g/mol. The SMILES string of the molecule is Brc1cc2cc3c(cc2cc1N=C(c1ccccc1)c1ccccc1)OCCO3. The molecule has 142 valence electrons. The van der Waals surface area contributed by atoms with Gasteiger partial charge in [0.15, 0.2) is 11.5 Å². The largest absolute Gasteiger partial charge is 0.486 e. The summed E-state index contributed by atoms with van der Waals surface area (Å²) in [5.74, 6) is 1.58. The lowest BCUT2D eigenvalue weighted by Crippen LogP contribution is -2.15. The van der Waals surface area contributed by atoms with E-state index in [1.165, 1.54) is 0 Å². The molecule has 0 fully saturated rings. The minimum Gasteiger partial charge on any atom is -0.486 e. The monoisotopic (exact) mass is 443 g/mol. The molecular formula is C25H18BrNO2. The van der Waals surface area contributed by atoms with Crippen molar-refractivity contribution in [2.45, 2.75) is 0 Å². The van der Waals surface area contributed by atoms with Crippen LogP contribution in [0.1, 0.15) is 11.1 Å². The Labute approximate surface area is 177 Å². The van der Waals surface area contributed by atoms with E-state index in [0.717, 1.165) is 49.3 Å². The van der Waals surface area contributed by atoms with Crippen LogP contribution in [0, 0.1) is 0 Å². The van der Waals surface area contributed by atoms with Crippen LogP contribution in [0.15, 0.2) is 94.4 Å². The van der Waals surface area contributed by atoms with Crippen LogP contribution in [0.5, 0.6) is 11.5 Å². The highest BCUT2D eigenvalue weighted by molar-refractivity contribution is 9.10. The fourth-order valence-corrected chi connectivity index (χ4v) is 3.94. The van der Waals surface area contributed by atoms with Crippen molar-refractivity contribution in [1.82, 2.24) is 0 Å². The number of halogens is 1. The summed E-state index contributed by atoms with van der Waals surface area (Å²) in [7, 11) is 0. The Morgan fingerprint density at radius 2 is 1.21 bits per heavy atom. The molecule has 0 saturated heterocycles. The normalized spacial score (nSPS) is 12.6. The van der Waals surface area contributed by atoms with Gasteiger partial charge in [-0.05, 0) is 51.0 Å². The molecule has 4 heteroatoms. The fourth-order valence-electron chi connectivity index (χ4n) is 3.49. The van der Waals surface area contributed by atoms with Crippen LogP contribution in [0.25, 0.3) is 10.8 Å². The topological polar surface area (TPSA) is 30.8 Å². The van der Waals surface area contributed by atoms with Crippen molar-refractivity contribution in [2.24, 2.45) is 4.99 Å². The molecule has 1 heterocycles. The van der Waals surface area contributed by atoms with Crippen molar-refractivity contribution in [3.05, 3.63) is 101 Å². The maximum atomic E-state index is 5.75. The number of hydrogen-bond acceptors (Lipinski definition) is 3. The van der Waals surface area contributed by atoms with Gasteiger partial charge in [-0.3, -0.25) is 0 Å². The van der Waals surface area contributed by atoms with Crippen molar-refractivity contribution in [3.8, 4) is 11.5 Å². The maximum Gasteiger partial charge on any atom is 0.162 e. The molecule has 1 aliphatic rings. The zero-order valence-corrected chi connectivity index (χ0v) is 17.2. The Balaban J connectivity index is 1.67. The number of aliphatic imine (C=N–C) groups is 1. The van der Waals surface area contributed by atoms with E-state index in [1.54, 1.807) is 0 Å². The molecule has 0 saturated carbocycles. The molecule has 0 aromatic heterocycles. The number of hydrogen-bond donors (Lipinski definition) is 0. The lowest BCUT2D eigenvalue weighted by molar-refractivity contribution is 0.172. The lowest BCUT2D eigenvalue weighted by Gasteiger charge is -2.19. The van der Waals surface area contributed by atoms with E-state index in [0.29, 0.717) is 13.2 Å². The van der Waals surface area contributed by atoms with Crippen molar-refractivity contribution < 1.29 is 9.47 Å². The van der Waals surface area contributed by atoms with Gasteiger partial charge < -0.3 is 9.47 Å². The molecule has 0 atom stereocenters. The molecular weight excluding hydrogens is 426 g/mol. The summed E-state index contributed by atoms with van der Waals surface area (Å²) in [6.07, 6.45) is 0. The van der Waals surface area contributed by atoms with Crippen LogP contribution < -0.4 is 9.47 Å². The second kappa shape index (κ2) is 7.72. The predicted octanol–water partition coefficient (Wildman–Crippen LogP) is 6.54. The summed E-state index contributed by atoms with van der Waals surface area (Å²) in [5.41, 5.74) is 3.96. The van der Waals surface area contributed by atoms with Gasteiger partial charge in [-0.1, -0.05) is 60.7 Å². The highest BCUT2D eigenvalue weighted by atomic mass is 79.9. The molecule has 0 radical (unpaired) electrons. The van der Waals surface area contributed by atoms with Gasteiger partial charge >= 0.3 is 0 Å². The zero-order valence-electron chi connectivity index (χ0n) is 15.6. The van der Waals surface area contributed by atoms with Gasteiger partial charge in [-0.25, -0.2) is 4.99 Å². The van der Waals surface area contributed by atoms with Gasteiger partial charge in [0.25, 0.3) is 0 Å². The van der Waals surface area contributed by atoms with Crippen molar-refractivity contribution in [1.29, 1.82) is 0 Å². The zero-order chi connectivity index (χ0) is 19.6. The Bertz CT molecular complexity index is 1160. The van der Waals surface area contributed by atoms with Gasteiger partial charge in [-0.15, -0.1) is 0 Å². The second-order valence-corrected chi connectivity index (χ2v) is 7.69. The third kappa shape index (κ3) is 3.64. The minimum absolute atomic E-state index is 0.576. The molecule has 0 aliphatic carbocycles. The summed E-state index contributed by atoms with van der Waals surface area (Å²) in [6, 6.07) is 28.7. The van der Waals surface area contributed by atoms with Gasteiger partial charge in [0.05, 0.1) is 11.4 Å². The first-order valence-electron chi connectivity index (χ1n) is 9.50. The maximum absolute atomic E-state index is 5.75. The van der Waals surface area contributed by atoms with Crippen LogP contribution in [-0.4, -0.2) is 18.9 Å². The summed E-state index contributed by atoms with van der Waals surface area (Å²) < 4.78 is 12.4. The molecule has 1 aliphatic heterocycles. The summed E-state index contributed by atoms with van der Waals surface area (Å²) in [4.78, 5) is 5.06. The standard InChI is InChI=1S/C25H18BrNO2/c26-21-13-19-15-23-24(29-12-11-28-23)16-20(19)14-22(21)27-25(17-7-3-1-4-8-17)18-9-5-2-6-10-18/h1-10,13-16H,11-12H2. The van der Waals surface area contributed by atoms with Crippen LogP contribution in [0.2, 0.25) is 0 Å². The average Bonchev–Trinajstić information content (AvgIpc) is 2.77. The third-order valence-corrected chi connectivity index (χ3v) is 5.53. The van der Waals surface area contributed by atoms with Crippen molar-refractivity contribution in [2.75, 3.05) is 13.2 Å². The van der Waals surface area contributed by atoms with Crippen LogP contribution >= 0.6 is 15.9 Å². The molecule has 0 spiro atoms. The van der Waals surface area contributed by atoms with Gasteiger partial charge in [0.1, 0.15) is 13.2 Å². The lowest BCUT2D eigenvalue weighted by atomic mass is 10.0. The molecule has 3 nitrogen and oxygen atoms in total. The van der Waals surface area contributed by atoms with Crippen molar-refractivity contribution in [3.63, 3.8) is 0 Å². The predicted molar refractivity (Wildman–Crippen MR) is 121 cm³/mol. The Morgan fingerprint density at radius 1 is 0.690 bits per heavy atom. The third-order valence-electron chi connectivity index (χ3n) is 4.89. The fraction of sp³-hybridized carbons (Fsp3) is 0.0800. The highest BCUT2D eigenvalue weighted by Crippen LogP contribution is 2.39. The molecule has 5 rings (SSSR count). The molecule has 0 bridgehead atoms. The molecule has 4 aromatic rings. The highest BCUT2D eigenvalue weighted by Gasteiger charge is 2.14. The van der Waals surface area contributed by atoms with E-state index in [4.69, 9.17) is 14.5 Å². The first kappa shape index (κ1) is 18.0. The van der Waals surface area contributed by atoms with Crippen molar-refractivity contribution >= 4 is 38.1 Å². The van der Waals surface area contributed by atoms with E-state index in [2.05, 4.69) is 52.3 Å². The van der Waals surface area contributed by atoms with Crippen LogP contribution in [0.4, 0.5) is 5.69 Å². The Kier molecular flexibility index (Phi) is 4.78. The quantitative estimate of drug-likeness (QED) is 0.336. The van der Waals surface area contributed by atoms with Crippen LogP contribution in [0.3, 0.4) is 0 Å². The molecule has 29 heavy (non-hydrogen) atoms. The van der Waals surface area contributed by atoms with E-state index in [-0.39, 0.29) is 0 Å². The van der Waals surface area contributed by atoms with E-state index in [9.17, 15) is 0 Å². The van der Waals surface area contributed by atoms with Crippen LogP contribution in [-0.2, 0) is 0 Å².